The standard InChI is InChI=1S/C18H20N2O3/c1-12-7-8-14(18(22)23)11-20(12)17(21)16-10-9-15(19-16)13-5-3-2-4-6-13/h2-6,9-10,12,14,19H,7-8,11H2,1H3,(H,22,23). The minimum atomic E-state index is -0.828. The van der Waals surface area contributed by atoms with E-state index < -0.39 is 11.9 Å². The number of carbonyl (C=O) groups is 2. The molecule has 1 aromatic carbocycles. The number of aromatic nitrogens is 1. The van der Waals surface area contributed by atoms with Crippen LogP contribution in [-0.2, 0) is 4.79 Å². The third kappa shape index (κ3) is 3.13. The number of aromatic amines is 1. The van der Waals surface area contributed by atoms with E-state index in [-0.39, 0.29) is 18.5 Å². The molecular formula is C18H20N2O3. The van der Waals surface area contributed by atoms with Gasteiger partial charge in [-0.3, -0.25) is 9.59 Å². The van der Waals surface area contributed by atoms with E-state index in [0.29, 0.717) is 12.1 Å². The molecule has 2 unspecified atom stereocenters. The maximum Gasteiger partial charge on any atom is 0.308 e. The van der Waals surface area contributed by atoms with Gasteiger partial charge in [-0.2, -0.15) is 0 Å². The number of carboxylic acids is 1. The molecule has 1 amide bonds. The molecule has 0 bridgehead atoms. The predicted octanol–water partition coefficient (Wildman–Crippen LogP) is 3.01. The fraction of sp³-hybridized carbons (Fsp3) is 0.333. The number of piperidine rings is 1. The zero-order valence-corrected chi connectivity index (χ0v) is 13.0. The van der Waals surface area contributed by atoms with Crippen molar-refractivity contribution in [2.75, 3.05) is 6.54 Å². The van der Waals surface area contributed by atoms with Crippen LogP contribution in [0.5, 0.6) is 0 Å². The summed E-state index contributed by atoms with van der Waals surface area (Å²) in [5.74, 6) is -1.43. The molecule has 1 aliphatic rings. The summed E-state index contributed by atoms with van der Waals surface area (Å²) in [7, 11) is 0. The number of likely N-dealkylation sites (tertiary alicyclic amines) is 1. The Morgan fingerprint density at radius 2 is 1.87 bits per heavy atom. The molecule has 2 N–H and O–H groups in total. The molecule has 0 spiro atoms. The smallest absolute Gasteiger partial charge is 0.308 e. The number of hydrogen-bond acceptors (Lipinski definition) is 2. The van der Waals surface area contributed by atoms with Gasteiger partial charge in [0.2, 0.25) is 0 Å². The van der Waals surface area contributed by atoms with E-state index in [1.54, 1.807) is 11.0 Å². The third-order valence-electron chi connectivity index (χ3n) is 4.49. The van der Waals surface area contributed by atoms with Crippen molar-refractivity contribution in [2.45, 2.75) is 25.8 Å². The molecule has 2 heterocycles. The first-order valence-electron chi connectivity index (χ1n) is 7.84. The second kappa shape index (κ2) is 6.28. The molecule has 1 aromatic heterocycles. The third-order valence-corrected chi connectivity index (χ3v) is 4.49. The van der Waals surface area contributed by atoms with Crippen molar-refractivity contribution in [1.29, 1.82) is 0 Å². The quantitative estimate of drug-likeness (QED) is 0.915. The molecule has 0 saturated carbocycles. The number of carboxylic acid groups (broad SMARTS) is 1. The zero-order chi connectivity index (χ0) is 16.4. The molecule has 1 fully saturated rings. The van der Waals surface area contributed by atoms with E-state index in [0.717, 1.165) is 17.7 Å². The SMILES string of the molecule is CC1CCC(C(=O)O)CN1C(=O)c1ccc(-c2ccccc2)[nH]1. The van der Waals surface area contributed by atoms with E-state index in [2.05, 4.69) is 4.98 Å². The van der Waals surface area contributed by atoms with Gasteiger partial charge in [-0.15, -0.1) is 0 Å². The lowest BCUT2D eigenvalue weighted by molar-refractivity contribution is -0.143. The van der Waals surface area contributed by atoms with Crippen LogP contribution in [0, 0.1) is 5.92 Å². The van der Waals surface area contributed by atoms with Crippen LogP contribution < -0.4 is 0 Å². The number of rotatable bonds is 3. The number of hydrogen-bond donors (Lipinski definition) is 2. The summed E-state index contributed by atoms with van der Waals surface area (Å²) in [6.07, 6.45) is 1.34. The van der Waals surface area contributed by atoms with Crippen molar-refractivity contribution in [2.24, 2.45) is 5.92 Å². The van der Waals surface area contributed by atoms with Gasteiger partial charge < -0.3 is 15.0 Å². The normalized spacial score (nSPS) is 21.2. The predicted molar refractivity (Wildman–Crippen MR) is 87.1 cm³/mol. The topological polar surface area (TPSA) is 73.4 Å². The fourth-order valence-electron chi connectivity index (χ4n) is 3.05. The number of H-pyrrole nitrogens is 1. The minimum Gasteiger partial charge on any atom is -0.481 e. The van der Waals surface area contributed by atoms with Crippen LogP contribution in [0.2, 0.25) is 0 Å². The summed E-state index contributed by atoms with van der Waals surface area (Å²) in [6.45, 7) is 2.24. The molecule has 5 heteroatoms. The number of benzene rings is 1. The molecule has 0 radical (unpaired) electrons. The first-order chi connectivity index (χ1) is 11.1. The molecular weight excluding hydrogens is 292 g/mol. The molecule has 3 rings (SSSR count). The van der Waals surface area contributed by atoms with Crippen molar-refractivity contribution < 1.29 is 14.7 Å². The van der Waals surface area contributed by atoms with Crippen molar-refractivity contribution in [3.8, 4) is 11.3 Å². The summed E-state index contributed by atoms with van der Waals surface area (Å²) in [5, 5.41) is 9.20. The van der Waals surface area contributed by atoms with E-state index in [9.17, 15) is 14.7 Å². The Morgan fingerprint density at radius 1 is 1.13 bits per heavy atom. The van der Waals surface area contributed by atoms with Crippen molar-refractivity contribution in [3.63, 3.8) is 0 Å². The van der Waals surface area contributed by atoms with Gasteiger partial charge in [-0.1, -0.05) is 30.3 Å². The highest BCUT2D eigenvalue weighted by Crippen LogP contribution is 2.25. The Bertz CT molecular complexity index is 708. The van der Waals surface area contributed by atoms with Gasteiger partial charge >= 0.3 is 5.97 Å². The molecule has 23 heavy (non-hydrogen) atoms. The summed E-state index contributed by atoms with van der Waals surface area (Å²) in [4.78, 5) is 28.8. The highest BCUT2D eigenvalue weighted by molar-refractivity contribution is 5.94. The summed E-state index contributed by atoms with van der Waals surface area (Å²) in [6, 6.07) is 13.5. The van der Waals surface area contributed by atoms with Crippen molar-refractivity contribution >= 4 is 11.9 Å². The Balaban J connectivity index is 1.80. The van der Waals surface area contributed by atoms with Crippen LogP contribution in [0.15, 0.2) is 42.5 Å². The van der Waals surface area contributed by atoms with E-state index in [1.165, 1.54) is 0 Å². The van der Waals surface area contributed by atoms with Gasteiger partial charge in [0.05, 0.1) is 5.92 Å². The second-order valence-electron chi connectivity index (χ2n) is 6.07. The van der Waals surface area contributed by atoms with Crippen LogP contribution in [0.25, 0.3) is 11.3 Å². The fourth-order valence-corrected chi connectivity index (χ4v) is 3.05. The minimum absolute atomic E-state index is 0.0570. The molecule has 2 atom stereocenters. The van der Waals surface area contributed by atoms with Crippen LogP contribution >= 0.6 is 0 Å². The van der Waals surface area contributed by atoms with Crippen LogP contribution in [-0.4, -0.2) is 39.5 Å². The van der Waals surface area contributed by atoms with Gasteiger partial charge in [0.15, 0.2) is 0 Å². The maximum atomic E-state index is 12.7. The molecule has 1 saturated heterocycles. The molecule has 5 nitrogen and oxygen atoms in total. The van der Waals surface area contributed by atoms with E-state index >= 15 is 0 Å². The second-order valence-corrected chi connectivity index (χ2v) is 6.07. The Labute approximate surface area is 134 Å². The van der Waals surface area contributed by atoms with Gasteiger partial charge in [-0.05, 0) is 37.5 Å². The zero-order valence-electron chi connectivity index (χ0n) is 13.0. The Morgan fingerprint density at radius 3 is 2.57 bits per heavy atom. The van der Waals surface area contributed by atoms with Crippen LogP contribution in [0.3, 0.4) is 0 Å². The Kier molecular flexibility index (Phi) is 4.19. The van der Waals surface area contributed by atoms with Crippen molar-refractivity contribution in [1.82, 2.24) is 9.88 Å². The van der Waals surface area contributed by atoms with Crippen LogP contribution in [0.1, 0.15) is 30.3 Å². The first kappa shape index (κ1) is 15.3. The van der Waals surface area contributed by atoms with E-state index in [1.807, 2.05) is 43.3 Å². The van der Waals surface area contributed by atoms with Gasteiger partial charge in [0, 0.05) is 18.3 Å². The number of carbonyl (C=O) groups excluding carboxylic acids is 1. The Hall–Kier alpha value is -2.56. The molecule has 2 aromatic rings. The van der Waals surface area contributed by atoms with Crippen LogP contribution in [0.4, 0.5) is 0 Å². The lowest BCUT2D eigenvalue weighted by Crippen LogP contribution is -2.47. The number of nitrogens with zero attached hydrogens (tertiary/aromatic N) is 1. The number of amides is 1. The lowest BCUT2D eigenvalue weighted by atomic mass is 9.93. The van der Waals surface area contributed by atoms with Gasteiger partial charge in [-0.25, -0.2) is 0 Å². The number of nitrogens with one attached hydrogen (secondary N) is 1. The molecule has 120 valence electrons. The summed E-state index contributed by atoms with van der Waals surface area (Å²) >= 11 is 0. The van der Waals surface area contributed by atoms with Crippen molar-refractivity contribution in [3.05, 3.63) is 48.2 Å². The van der Waals surface area contributed by atoms with Gasteiger partial charge in [0.1, 0.15) is 5.69 Å². The molecule has 1 aliphatic heterocycles. The highest BCUT2D eigenvalue weighted by atomic mass is 16.4. The monoisotopic (exact) mass is 312 g/mol. The largest absolute Gasteiger partial charge is 0.481 e. The summed E-state index contributed by atoms with van der Waals surface area (Å²) < 4.78 is 0. The maximum absolute atomic E-state index is 12.7. The summed E-state index contributed by atoms with van der Waals surface area (Å²) in [5.41, 5.74) is 2.40. The van der Waals surface area contributed by atoms with E-state index in [4.69, 9.17) is 0 Å². The van der Waals surface area contributed by atoms with Gasteiger partial charge in [0.25, 0.3) is 5.91 Å². The number of aliphatic carboxylic acids is 1. The average Bonchev–Trinajstić information content (AvgIpc) is 3.05. The highest BCUT2D eigenvalue weighted by Gasteiger charge is 2.33. The average molecular weight is 312 g/mol. The molecule has 0 aliphatic carbocycles. The lowest BCUT2D eigenvalue weighted by Gasteiger charge is -2.36. The first-order valence-corrected chi connectivity index (χ1v) is 7.84.